The van der Waals surface area contributed by atoms with Crippen molar-refractivity contribution in [1.82, 2.24) is 0 Å². The predicted octanol–water partition coefficient (Wildman–Crippen LogP) is 6.06. The lowest BCUT2D eigenvalue weighted by atomic mass is 9.87. The Bertz CT molecular complexity index is 925. The highest BCUT2D eigenvalue weighted by Crippen LogP contribution is 2.28. The van der Waals surface area contributed by atoms with Crippen molar-refractivity contribution in [2.45, 2.75) is 39.2 Å². The maximum Gasteiger partial charge on any atom is 0.265 e. The summed E-state index contributed by atoms with van der Waals surface area (Å²) >= 11 is 0. The smallest absolute Gasteiger partial charge is 0.265 e. The van der Waals surface area contributed by atoms with Crippen molar-refractivity contribution in [1.29, 1.82) is 0 Å². The number of carbonyl (C=O) groups excluding carboxylic acids is 1. The fourth-order valence-electron chi connectivity index (χ4n) is 2.99. The minimum Gasteiger partial charge on any atom is -0.481 e. The summed E-state index contributed by atoms with van der Waals surface area (Å²) in [4.78, 5) is 12.7. The van der Waals surface area contributed by atoms with E-state index in [-0.39, 0.29) is 11.3 Å². The van der Waals surface area contributed by atoms with Gasteiger partial charge in [-0.2, -0.15) is 0 Å². The third-order valence-corrected chi connectivity index (χ3v) is 4.67. The Labute approximate surface area is 167 Å². The Morgan fingerprint density at radius 3 is 2.11 bits per heavy atom. The zero-order chi connectivity index (χ0) is 20.1. The van der Waals surface area contributed by atoms with Crippen molar-refractivity contribution in [3.63, 3.8) is 0 Å². The van der Waals surface area contributed by atoms with E-state index < -0.39 is 6.10 Å². The molecule has 3 nitrogen and oxygen atoms in total. The summed E-state index contributed by atoms with van der Waals surface area (Å²) in [5.74, 6) is 0.510. The van der Waals surface area contributed by atoms with Crippen LogP contribution >= 0.6 is 0 Å². The first-order chi connectivity index (χ1) is 13.3. The van der Waals surface area contributed by atoms with E-state index in [2.05, 4.69) is 26.1 Å². The number of amides is 1. The van der Waals surface area contributed by atoms with Crippen molar-refractivity contribution in [3.05, 3.63) is 84.4 Å². The molecule has 0 heterocycles. The Hall–Kier alpha value is -3.07. The quantitative estimate of drug-likeness (QED) is 0.590. The molecule has 0 saturated carbocycles. The van der Waals surface area contributed by atoms with E-state index >= 15 is 0 Å². The Morgan fingerprint density at radius 1 is 0.857 bits per heavy atom. The number of ether oxygens (including phenoxy) is 1. The number of para-hydroxylation sites is 1. The standard InChI is InChI=1S/C25H27NO2/c1-18(28-21-16-14-20(15-17-21)25(2,3)4)24(27)26-23-13-9-8-12-22(23)19-10-6-5-7-11-19/h5-18H,1-4H3,(H,26,27)/t18-/m0/s1. The van der Waals surface area contributed by atoms with Gasteiger partial charge in [-0.3, -0.25) is 4.79 Å². The van der Waals surface area contributed by atoms with E-state index in [1.165, 1.54) is 5.56 Å². The molecular formula is C25H27NO2. The molecule has 28 heavy (non-hydrogen) atoms. The molecule has 144 valence electrons. The maximum atomic E-state index is 12.7. The molecule has 0 aliphatic heterocycles. The number of carbonyl (C=O) groups is 1. The molecule has 3 heteroatoms. The second kappa shape index (κ2) is 8.30. The summed E-state index contributed by atoms with van der Waals surface area (Å²) in [6.07, 6.45) is -0.607. The van der Waals surface area contributed by atoms with Crippen molar-refractivity contribution >= 4 is 11.6 Å². The average Bonchev–Trinajstić information content (AvgIpc) is 2.69. The number of hydrogen-bond acceptors (Lipinski definition) is 2. The maximum absolute atomic E-state index is 12.7. The fourth-order valence-corrected chi connectivity index (χ4v) is 2.99. The van der Waals surface area contributed by atoms with E-state index in [0.29, 0.717) is 5.75 Å². The van der Waals surface area contributed by atoms with Crippen LogP contribution in [0.3, 0.4) is 0 Å². The van der Waals surface area contributed by atoms with Gasteiger partial charge < -0.3 is 10.1 Å². The third-order valence-electron chi connectivity index (χ3n) is 4.67. The molecule has 0 bridgehead atoms. The normalized spacial score (nSPS) is 12.3. The van der Waals surface area contributed by atoms with E-state index in [9.17, 15) is 4.79 Å². The van der Waals surface area contributed by atoms with Gasteiger partial charge in [0, 0.05) is 11.3 Å². The van der Waals surface area contributed by atoms with E-state index in [1.54, 1.807) is 6.92 Å². The molecule has 0 radical (unpaired) electrons. The van der Waals surface area contributed by atoms with Gasteiger partial charge in [-0.05, 0) is 41.7 Å². The molecule has 0 fully saturated rings. The zero-order valence-corrected chi connectivity index (χ0v) is 16.9. The highest BCUT2D eigenvalue weighted by Gasteiger charge is 2.18. The summed E-state index contributed by atoms with van der Waals surface area (Å²) in [6.45, 7) is 8.27. The third kappa shape index (κ3) is 4.80. The van der Waals surface area contributed by atoms with Gasteiger partial charge in [-0.25, -0.2) is 0 Å². The topological polar surface area (TPSA) is 38.3 Å². The minimum atomic E-state index is -0.607. The lowest BCUT2D eigenvalue weighted by Crippen LogP contribution is -2.30. The summed E-state index contributed by atoms with van der Waals surface area (Å²) in [7, 11) is 0. The highest BCUT2D eigenvalue weighted by molar-refractivity contribution is 5.98. The molecule has 0 unspecified atom stereocenters. The summed E-state index contributed by atoms with van der Waals surface area (Å²) in [5, 5.41) is 3.00. The molecule has 0 aromatic heterocycles. The molecule has 0 aliphatic rings. The van der Waals surface area contributed by atoms with E-state index in [1.807, 2.05) is 78.9 Å². The SMILES string of the molecule is C[C@H](Oc1ccc(C(C)(C)C)cc1)C(=O)Nc1ccccc1-c1ccccc1. The molecule has 0 saturated heterocycles. The van der Waals surface area contributed by atoms with Gasteiger partial charge in [0.25, 0.3) is 5.91 Å². The van der Waals surface area contributed by atoms with Crippen LogP contribution in [0.1, 0.15) is 33.3 Å². The van der Waals surface area contributed by atoms with Crippen LogP contribution in [-0.4, -0.2) is 12.0 Å². The largest absolute Gasteiger partial charge is 0.481 e. The molecule has 1 N–H and O–H groups in total. The van der Waals surface area contributed by atoms with Crippen LogP contribution in [-0.2, 0) is 10.2 Å². The van der Waals surface area contributed by atoms with Crippen LogP contribution in [0.5, 0.6) is 5.75 Å². The van der Waals surface area contributed by atoms with Crippen LogP contribution in [0.4, 0.5) is 5.69 Å². The molecule has 0 spiro atoms. The fraction of sp³-hybridized carbons (Fsp3) is 0.240. The highest BCUT2D eigenvalue weighted by atomic mass is 16.5. The molecule has 3 rings (SSSR count). The monoisotopic (exact) mass is 373 g/mol. The lowest BCUT2D eigenvalue weighted by Gasteiger charge is -2.20. The van der Waals surface area contributed by atoms with Crippen molar-refractivity contribution < 1.29 is 9.53 Å². The molecule has 1 atom stereocenters. The second-order valence-electron chi connectivity index (χ2n) is 7.94. The van der Waals surface area contributed by atoms with Gasteiger partial charge in [0.05, 0.1) is 0 Å². The number of nitrogens with one attached hydrogen (secondary N) is 1. The zero-order valence-electron chi connectivity index (χ0n) is 16.9. The number of benzene rings is 3. The van der Waals surface area contributed by atoms with Crippen molar-refractivity contribution in [2.24, 2.45) is 0 Å². The van der Waals surface area contributed by atoms with Crippen LogP contribution < -0.4 is 10.1 Å². The summed E-state index contributed by atoms with van der Waals surface area (Å²) < 4.78 is 5.85. The lowest BCUT2D eigenvalue weighted by molar-refractivity contribution is -0.122. The second-order valence-corrected chi connectivity index (χ2v) is 7.94. The number of rotatable bonds is 5. The number of hydrogen-bond donors (Lipinski definition) is 1. The minimum absolute atomic E-state index is 0.0860. The van der Waals surface area contributed by atoms with Gasteiger partial charge in [0.15, 0.2) is 6.10 Å². The van der Waals surface area contributed by atoms with Crippen molar-refractivity contribution in [2.75, 3.05) is 5.32 Å². The van der Waals surface area contributed by atoms with E-state index in [4.69, 9.17) is 4.74 Å². The molecule has 0 aliphatic carbocycles. The van der Waals surface area contributed by atoms with Gasteiger partial charge in [-0.1, -0.05) is 81.4 Å². The predicted molar refractivity (Wildman–Crippen MR) is 116 cm³/mol. The van der Waals surface area contributed by atoms with Crippen molar-refractivity contribution in [3.8, 4) is 16.9 Å². The first-order valence-electron chi connectivity index (χ1n) is 9.57. The molecule has 3 aromatic carbocycles. The van der Waals surface area contributed by atoms with Gasteiger partial charge in [0.1, 0.15) is 5.75 Å². The Morgan fingerprint density at radius 2 is 1.46 bits per heavy atom. The van der Waals surface area contributed by atoms with Crippen LogP contribution in [0.25, 0.3) is 11.1 Å². The molecule has 3 aromatic rings. The van der Waals surface area contributed by atoms with Gasteiger partial charge >= 0.3 is 0 Å². The first-order valence-corrected chi connectivity index (χ1v) is 9.57. The Balaban J connectivity index is 1.70. The van der Waals surface area contributed by atoms with Gasteiger partial charge in [0.2, 0.25) is 0 Å². The molecular weight excluding hydrogens is 346 g/mol. The van der Waals surface area contributed by atoms with Crippen LogP contribution in [0.15, 0.2) is 78.9 Å². The van der Waals surface area contributed by atoms with Gasteiger partial charge in [-0.15, -0.1) is 0 Å². The summed E-state index contributed by atoms with van der Waals surface area (Å²) in [6, 6.07) is 25.7. The Kier molecular flexibility index (Phi) is 5.84. The first kappa shape index (κ1) is 19.7. The molecule has 1 amide bonds. The average molecular weight is 373 g/mol. The summed E-state index contributed by atoms with van der Waals surface area (Å²) in [5.41, 5.74) is 4.14. The number of anilines is 1. The van der Waals surface area contributed by atoms with E-state index in [0.717, 1.165) is 16.8 Å². The van der Waals surface area contributed by atoms with Crippen LogP contribution in [0, 0.1) is 0 Å². The van der Waals surface area contributed by atoms with Crippen LogP contribution in [0.2, 0.25) is 0 Å².